The Labute approximate surface area is 109 Å². The number of rotatable bonds is 4. The van der Waals surface area contributed by atoms with Crippen LogP contribution in [0, 0.1) is 0 Å². The third kappa shape index (κ3) is 2.93. The summed E-state index contributed by atoms with van der Waals surface area (Å²) < 4.78 is 2.02. The summed E-state index contributed by atoms with van der Waals surface area (Å²) in [6.07, 6.45) is 9.17. The maximum atomic E-state index is 10.6. The first-order chi connectivity index (χ1) is 8.65. The van der Waals surface area contributed by atoms with Crippen molar-refractivity contribution < 1.29 is 10.2 Å². The van der Waals surface area contributed by atoms with Crippen LogP contribution < -0.4 is 0 Å². The van der Waals surface area contributed by atoms with Crippen LogP contribution in [0.25, 0.3) is 0 Å². The average molecular weight is 252 g/mol. The Bertz CT molecular complexity index is 368. The minimum Gasteiger partial charge on any atom is -0.390 e. The van der Waals surface area contributed by atoms with Crippen molar-refractivity contribution in [3.8, 4) is 0 Å². The SMILES string of the molecule is CCn1ccnc1CC(O)C1(O)CCCCCC1. The molecule has 102 valence electrons. The lowest BCUT2D eigenvalue weighted by Gasteiger charge is -2.32. The molecule has 1 unspecified atom stereocenters. The Kier molecular flexibility index (Phi) is 4.40. The summed E-state index contributed by atoms with van der Waals surface area (Å²) in [4.78, 5) is 4.27. The predicted octanol–water partition coefficient (Wildman–Crippen LogP) is 1.89. The lowest BCUT2D eigenvalue weighted by Crippen LogP contribution is -2.43. The van der Waals surface area contributed by atoms with Gasteiger partial charge in [0, 0.05) is 25.4 Å². The van der Waals surface area contributed by atoms with Crippen molar-refractivity contribution in [2.75, 3.05) is 0 Å². The molecular formula is C14H24N2O2. The number of imidazole rings is 1. The molecule has 1 saturated carbocycles. The highest BCUT2D eigenvalue weighted by molar-refractivity contribution is 4.99. The molecule has 0 bridgehead atoms. The molecule has 1 aromatic heterocycles. The molecule has 1 aliphatic rings. The topological polar surface area (TPSA) is 58.3 Å². The van der Waals surface area contributed by atoms with Crippen LogP contribution in [0.15, 0.2) is 12.4 Å². The number of aromatic nitrogens is 2. The number of nitrogens with zero attached hydrogens (tertiary/aromatic N) is 2. The molecule has 1 heterocycles. The maximum Gasteiger partial charge on any atom is 0.111 e. The van der Waals surface area contributed by atoms with Gasteiger partial charge in [-0.3, -0.25) is 0 Å². The Morgan fingerprint density at radius 1 is 1.33 bits per heavy atom. The highest BCUT2D eigenvalue weighted by Gasteiger charge is 2.36. The van der Waals surface area contributed by atoms with Gasteiger partial charge in [-0.15, -0.1) is 0 Å². The second-order valence-electron chi connectivity index (χ2n) is 5.37. The summed E-state index contributed by atoms with van der Waals surface area (Å²) in [6, 6.07) is 0. The maximum absolute atomic E-state index is 10.6. The normalized spacial score (nSPS) is 21.5. The number of hydrogen-bond donors (Lipinski definition) is 2. The molecule has 1 aromatic rings. The molecule has 0 amide bonds. The van der Waals surface area contributed by atoms with Gasteiger partial charge in [0.1, 0.15) is 5.82 Å². The fourth-order valence-corrected chi connectivity index (χ4v) is 2.85. The van der Waals surface area contributed by atoms with Gasteiger partial charge in [0.25, 0.3) is 0 Å². The molecule has 0 spiro atoms. The smallest absolute Gasteiger partial charge is 0.111 e. The van der Waals surface area contributed by atoms with E-state index in [-0.39, 0.29) is 0 Å². The van der Waals surface area contributed by atoms with Gasteiger partial charge in [0.15, 0.2) is 0 Å². The number of aliphatic hydroxyl groups is 2. The van der Waals surface area contributed by atoms with Crippen molar-refractivity contribution in [3.05, 3.63) is 18.2 Å². The summed E-state index contributed by atoms with van der Waals surface area (Å²) in [6.45, 7) is 2.90. The van der Waals surface area contributed by atoms with Gasteiger partial charge in [0.2, 0.25) is 0 Å². The molecule has 4 nitrogen and oxygen atoms in total. The van der Waals surface area contributed by atoms with Crippen LogP contribution in [-0.2, 0) is 13.0 Å². The minimum absolute atomic E-state index is 0.442. The van der Waals surface area contributed by atoms with E-state index in [1.54, 1.807) is 6.20 Å². The lowest BCUT2D eigenvalue weighted by atomic mass is 9.86. The summed E-state index contributed by atoms with van der Waals surface area (Å²) in [5.41, 5.74) is -0.916. The molecule has 4 heteroatoms. The number of aliphatic hydroxyl groups excluding tert-OH is 1. The van der Waals surface area contributed by atoms with Crippen molar-refractivity contribution >= 4 is 0 Å². The zero-order valence-corrected chi connectivity index (χ0v) is 11.2. The van der Waals surface area contributed by atoms with E-state index in [9.17, 15) is 10.2 Å². The molecule has 0 radical (unpaired) electrons. The molecule has 0 saturated heterocycles. The Morgan fingerprint density at radius 2 is 2.00 bits per heavy atom. The number of hydrogen-bond acceptors (Lipinski definition) is 3. The second-order valence-corrected chi connectivity index (χ2v) is 5.37. The van der Waals surface area contributed by atoms with Crippen molar-refractivity contribution in [1.82, 2.24) is 9.55 Å². The standard InChI is InChI=1S/C14H24N2O2/c1-2-16-10-9-15-13(16)11-12(17)14(18)7-5-3-4-6-8-14/h9-10,12,17-18H,2-8,11H2,1H3. The largest absolute Gasteiger partial charge is 0.390 e. The quantitative estimate of drug-likeness (QED) is 0.805. The van der Waals surface area contributed by atoms with Crippen LogP contribution in [-0.4, -0.2) is 31.5 Å². The van der Waals surface area contributed by atoms with Gasteiger partial charge in [-0.05, 0) is 19.8 Å². The van der Waals surface area contributed by atoms with Crippen molar-refractivity contribution in [2.45, 2.75) is 70.1 Å². The van der Waals surface area contributed by atoms with E-state index in [0.29, 0.717) is 19.3 Å². The molecular weight excluding hydrogens is 228 g/mol. The van der Waals surface area contributed by atoms with E-state index in [2.05, 4.69) is 11.9 Å². The van der Waals surface area contributed by atoms with Crippen LogP contribution in [0.5, 0.6) is 0 Å². The zero-order valence-electron chi connectivity index (χ0n) is 11.2. The van der Waals surface area contributed by atoms with Crippen molar-refractivity contribution in [2.24, 2.45) is 0 Å². The Hall–Kier alpha value is -0.870. The van der Waals surface area contributed by atoms with Gasteiger partial charge >= 0.3 is 0 Å². The van der Waals surface area contributed by atoms with E-state index >= 15 is 0 Å². The van der Waals surface area contributed by atoms with Gasteiger partial charge in [-0.2, -0.15) is 0 Å². The van der Waals surface area contributed by atoms with Crippen LogP contribution >= 0.6 is 0 Å². The van der Waals surface area contributed by atoms with E-state index in [0.717, 1.165) is 25.2 Å². The molecule has 0 aliphatic heterocycles. The van der Waals surface area contributed by atoms with Crippen LogP contribution in [0.3, 0.4) is 0 Å². The molecule has 0 aromatic carbocycles. The van der Waals surface area contributed by atoms with Gasteiger partial charge in [-0.25, -0.2) is 4.98 Å². The average Bonchev–Trinajstić information content (AvgIpc) is 2.68. The zero-order chi connectivity index (χ0) is 13.0. The number of aryl methyl sites for hydroxylation is 1. The van der Waals surface area contributed by atoms with E-state index in [4.69, 9.17) is 0 Å². The Morgan fingerprint density at radius 3 is 2.61 bits per heavy atom. The van der Waals surface area contributed by atoms with Gasteiger partial charge < -0.3 is 14.8 Å². The van der Waals surface area contributed by atoms with Crippen LogP contribution in [0.1, 0.15) is 51.3 Å². The monoisotopic (exact) mass is 252 g/mol. The van der Waals surface area contributed by atoms with Crippen molar-refractivity contribution in [3.63, 3.8) is 0 Å². The van der Waals surface area contributed by atoms with E-state index < -0.39 is 11.7 Å². The van der Waals surface area contributed by atoms with Gasteiger partial charge in [-0.1, -0.05) is 25.7 Å². The minimum atomic E-state index is -0.916. The summed E-state index contributed by atoms with van der Waals surface area (Å²) in [5, 5.41) is 20.9. The fraction of sp³-hybridized carbons (Fsp3) is 0.786. The van der Waals surface area contributed by atoms with Crippen molar-refractivity contribution in [1.29, 1.82) is 0 Å². The highest BCUT2D eigenvalue weighted by Crippen LogP contribution is 2.31. The van der Waals surface area contributed by atoms with Gasteiger partial charge in [0.05, 0.1) is 11.7 Å². The third-order valence-electron chi connectivity index (χ3n) is 4.11. The first-order valence-electron chi connectivity index (χ1n) is 7.06. The van der Waals surface area contributed by atoms with Crippen LogP contribution in [0.4, 0.5) is 0 Å². The molecule has 1 aliphatic carbocycles. The Balaban J connectivity index is 2.03. The predicted molar refractivity (Wildman–Crippen MR) is 70.3 cm³/mol. The lowest BCUT2D eigenvalue weighted by molar-refractivity contribution is -0.0846. The first kappa shape index (κ1) is 13.6. The summed E-state index contributed by atoms with van der Waals surface area (Å²) in [5.74, 6) is 0.864. The van der Waals surface area contributed by atoms with Crippen LogP contribution in [0.2, 0.25) is 0 Å². The molecule has 1 fully saturated rings. The molecule has 2 rings (SSSR count). The molecule has 2 N–H and O–H groups in total. The van der Waals surface area contributed by atoms with E-state index in [1.165, 1.54) is 12.8 Å². The van der Waals surface area contributed by atoms with E-state index in [1.807, 2.05) is 10.8 Å². The summed E-state index contributed by atoms with van der Waals surface area (Å²) >= 11 is 0. The summed E-state index contributed by atoms with van der Waals surface area (Å²) in [7, 11) is 0. The molecule has 1 atom stereocenters. The fourth-order valence-electron chi connectivity index (χ4n) is 2.85. The third-order valence-corrected chi connectivity index (χ3v) is 4.11. The second kappa shape index (κ2) is 5.85. The highest BCUT2D eigenvalue weighted by atomic mass is 16.3. The first-order valence-corrected chi connectivity index (χ1v) is 7.06. The molecule has 18 heavy (non-hydrogen) atoms.